The average molecular weight is 340 g/mol. The van der Waals surface area contributed by atoms with Crippen LogP contribution in [0.15, 0.2) is 40.7 Å². The highest BCUT2D eigenvalue weighted by Crippen LogP contribution is 2.24. The van der Waals surface area contributed by atoms with Gasteiger partial charge in [0.25, 0.3) is 0 Å². The molecule has 0 fully saturated rings. The molecule has 1 N–H and O–H groups in total. The lowest BCUT2D eigenvalue weighted by molar-refractivity contribution is 0.0213. The number of sulfone groups is 1. The molecule has 0 aliphatic heterocycles. The minimum absolute atomic E-state index is 0.253. The second-order valence-corrected chi connectivity index (χ2v) is 8.66. The van der Waals surface area contributed by atoms with Crippen LogP contribution in [0.25, 0.3) is 0 Å². The third kappa shape index (κ3) is 4.36. The van der Waals surface area contributed by atoms with Crippen molar-refractivity contribution in [1.29, 1.82) is 0 Å². The van der Waals surface area contributed by atoms with E-state index in [4.69, 9.17) is 0 Å². The van der Waals surface area contributed by atoms with E-state index in [1.54, 1.807) is 36.6 Å². The summed E-state index contributed by atoms with van der Waals surface area (Å²) in [5.41, 5.74) is -0.381. The molecule has 0 unspecified atom stereocenters. The van der Waals surface area contributed by atoms with Crippen molar-refractivity contribution in [3.05, 3.63) is 46.4 Å². The third-order valence-corrected chi connectivity index (χ3v) is 5.26. The van der Waals surface area contributed by atoms with Gasteiger partial charge >= 0.3 is 0 Å². The van der Waals surface area contributed by atoms with E-state index >= 15 is 0 Å². The molecule has 1 atom stereocenters. The Balaban J connectivity index is 2.09. The Morgan fingerprint density at radius 3 is 2.45 bits per heavy atom. The van der Waals surface area contributed by atoms with Gasteiger partial charge in [0.2, 0.25) is 0 Å². The van der Waals surface area contributed by atoms with Gasteiger partial charge in [-0.2, -0.15) is 0 Å². The molecule has 2 rings (SSSR count). The van der Waals surface area contributed by atoms with Crippen molar-refractivity contribution >= 4 is 21.2 Å². The lowest BCUT2D eigenvalue weighted by Gasteiger charge is -2.29. The van der Waals surface area contributed by atoms with E-state index in [0.717, 1.165) is 5.01 Å². The fraction of sp³-hybridized carbons (Fsp3) is 0.400. The van der Waals surface area contributed by atoms with Crippen LogP contribution in [0, 0.1) is 0 Å². The molecule has 22 heavy (non-hydrogen) atoms. The molecule has 0 spiro atoms. The van der Waals surface area contributed by atoms with E-state index in [9.17, 15) is 13.5 Å². The Morgan fingerprint density at radius 2 is 1.95 bits per heavy atom. The Morgan fingerprint density at radius 1 is 1.32 bits per heavy atom. The maximum absolute atomic E-state index is 11.5. The molecule has 1 aromatic heterocycles. The van der Waals surface area contributed by atoms with Crippen LogP contribution in [-0.2, 0) is 22.0 Å². The van der Waals surface area contributed by atoms with Crippen molar-refractivity contribution < 1.29 is 13.5 Å². The van der Waals surface area contributed by atoms with Crippen LogP contribution in [0.2, 0.25) is 0 Å². The zero-order valence-corrected chi connectivity index (χ0v) is 14.5. The summed E-state index contributed by atoms with van der Waals surface area (Å²) >= 11 is 1.58. The number of aliphatic hydroxyl groups is 1. The molecule has 120 valence electrons. The molecule has 0 aliphatic carbocycles. The molecule has 7 heteroatoms. The van der Waals surface area contributed by atoms with E-state index < -0.39 is 15.4 Å². The SMILES string of the molecule is CN(Cc1nccs1)C[C@](C)(O)c1ccc(S(C)(=O)=O)cc1. The van der Waals surface area contributed by atoms with Crippen molar-refractivity contribution in [2.75, 3.05) is 19.8 Å². The monoisotopic (exact) mass is 340 g/mol. The zero-order valence-electron chi connectivity index (χ0n) is 12.9. The van der Waals surface area contributed by atoms with E-state index in [1.807, 2.05) is 17.3 Å². The van der Waals surface area contributed by atoms with Crippen LogP contribution in [-0.4, -0.2) is 43.3 Å². The molecule has 1 aromatic carbocycles. The molecule has 0 saturated heterocycles. The van der Waals surface area contributed by atoms with Gasteiger partial charge in [-0.1, -0.05) is 12.1 Å². The molecule has 2 aromatic rings. The summed E-state index contributed by atoms with van der Waals surface area (Å²) in [6, 6.07) is 6.38. The van der Waals surface area contributed by atoms with E-state index in [2.05, 4.69) is 4.98 Å². The van der Waals surface area contributed by atoms with Crippen LogP contribution in [0.1, 0.15) is 17.5 Å². The van der Waals surface area contributed by atoms with Gasteiger partial charge in [0.05, 0.1) is 17.0 Å². The van der Waals surface area contributed by atoms with Crippen LogP contribution in [0.5, 0.6) is 0 Å². The molecule has 5 nitrogen and oxygen atoms in total. The van der Waals surface area contributed by atoms with Gasteiger partial charge in [-0.25, -0.2) is 13.4 Å². The molecule has 0 radical (unpaired) electrons. The van der Waals surface area contributed by atoms with Crippen LogP contribution in [0.3, 0.4) is 0 Å². The Hall–Kier alpha value is -1.28. The first-order valence-electron chi connectivity index (χ1n) is 6.78. The minimum atomic E-state index is -3.22. The second kappa shape index (κ2) is 6.45. The number of likely N-dealkylation sites (N-methyl/N-ethyl adjacent to an activating group) is 1. The first kappa shape index (κ1) is 17.1. The number of hydrogen-bond acceptors (Lipinski definition) is 6. The summed E-state index contributed by atoms with van der Waals surface area (Å²) in [6.07, 6.45) is 2.93. The molecular weight excluding hydrogens is 320 g/mol. The van der Waals surface area contributed by atoms with Crippen molar-refractivity contribution in [2.24, 2.45) is 0 Å². The molecule has 0 aliphatic rings. The third-order valence-electron chi connectivity index (χ3n) is 3.37. The van der Waals surface area contributed by atoms with E-state index in [1.165, 1.54) is 18.4 Å². The van der Waals surface area contributed by atoms with Crippen molar-refractivity contribution in [3.8, 4) is 0 Å². The number of nitrogens with zero attached hydrogens (tertiary/aromatic N) is 2. The maximum Gasteiger partial charge on any atom is 0.175 e. The summed E-state index contributed by atoms with van der Waals surface area (Å²) < 4.78 is 22.9. The minimum Gasteiger partial charge on any atom is -0.384 e. The standard InChI is InChI=1S/C15H20N2O3S2/c1-15(18,11-17(2)10-14-16-8-9-21-14)12-4-6-13(7-5-12)22(3,19)20/h4-9,18H,10-11H2,1-3H3/t15-/m0/s1. The fourth-order valence-corrected chi connectivity index (χ4v) is 3.62. The highest BCUT2D eigenvalue weighted by atomic mass is 32.2. The van der Waals surface area contributed by atoms with Crippen molar-refractivity contribution in [2.45, 2.75) is 24.0 Å². The average Bonchev–Trinajstić information content (AvgIpc) is 2.90. The number of aromatic nitrogens is 1. The van der Waals surface area contributed by atoms with Gasteiger partial charge in [0.1, 0.15) is 5.01 Å². The lowest BCUT2D eigenvalue weighted by atomic mass is 9.95. The van der Waals surface area contributed by atoms with Crippen molar-refractivity contribution in [3.63, 3.8) is 0 Å². The summed E-state index contributed by atoms with van der Waals surface area (Å²) in [7, 11) is -1.30. The molecule has 0 amide bonds. The lowest BCUT2D eigenvalue weighted by Crippen LogP contribution is -2.36. The Kier molecular flexibility index (Phi) is 5.01. The first-order valence-corrected chi connectivity index (χ1v) is 9.55. The van der Waals surface area contributed by atoms with Gasteiger partial charge in [0, 0.05) is 24.4 Å². The van der Waals surface area contributed by atoms with Crippen LogP contribution >= 0.6 is 11.3 Å². The van der Waals surface area contributed by atoms with Crippen molar-refractivity contribution in [1.82, 2.24) is 9.88 Å². The number of rotatable bonds is 6. The van der Waals surface area contributed by atoms with E-state index in [-0.39, 0.29) is 4.90 Å². The first-order chi connectivity index (χ1) is 10.2. The number of thiazole rings is 1. The summed E-state index contributed by atoms with van der Waals surface area (Å²) in [6.45, 7) is 2.81. The number of benzene rings is 1. The van der Waals surface area contributed by atoms with Gasteiger partial charge < -0.3 is 5.11 Å². The summed E-state index contributed by atoms with van der Waals surface area (Å²) in [4.78, 5) is 6.47. The zero-order chi connectivity index (χ0) is 16.4. The van der Waals surface area contributed by atoms with E-state index in [0.29, 0.717) is 18.7 Å². The van der Waals surface area contributed by atoms with Gasteiger partial charge in [-0.3, -0.25) is 4.90 Å². The molecule has 1 heterocycles. The summed E-state index contributed by atoms with van der Waals surface area (Å²) in [5.74, 6) is 0. The molecule has 0 saturated carbocycles. The number of hydrogen-bond donors (Lipinski definition) is 1. The fourth-order valence-electron chi connectivity index (χ4n) is 2.30. The van der Waals surface area contributed by atoms with Crippen LogP contribution < -0.4 is 0 Å². The van der Waals surface area contributed by atoms with Gasteiger partial charge in [-0.15, -0.1) is 11.3 Å². The second-order valence-electron chi connectivity index (χ2n) is 5.67. The topological polar surface area (TPSA) is 70.5 Å². The van der Waals surface area contributed by atoms with Crippen LogP contribution in [0.4, 0.5) is 0 Å². The molecule has 0 bridgehead atoms. The maximum atomic E-state index is 11.5. The normalized spacial score (nSPS) is 15.0. The largest absolute Gasteiger partial charge is 0.384 e. The Bertz CT molecular complexity index is 708. The highest BCUT2D eigenvalue weighted by Gasteiger charge is 2.25. The van der Waals surface area contributed by atoms with Gasteiger partial charge in [0.15, 0.2) is 9.84 Å². The summed E-state index contributed by atoms with van der Waals surface area (Å²) in [5, 5.41) is 13.6. The molecular formula is C15H20N2O3S2. The smallest absolute Gasteiger partial charge is 0.175 e. The highest BCUT2D eigenvalue weighted by molar-refractivity contribution is 7.90. The predicted octanol–water partition coefficient (Wildman–Crippen LogP) is 1.89. The quantitative estimate of drug-likeness (QED) is 0.869. The Labute approximate surface area is 135 Å². The predicted molar refractivity (Wildman–Crippen MR) is 87.6 cm³/mol. The van der Waals surface area contributed by atoms with Gasteiger partial charge in [-0.05, 0) is 31.7 Å².